The number of amides is 1. The zero-order valence-corrected chi connectivity index (χ0v) is 8.80. The first-order valence-electron chi connectivity index (χ1n) is 4.56. The Morgan fingerprint density at radius 2 is 2.12 bits per heavy atom. The van der Waals surface area contributed by atoms with Crippen molar-refractivity contribution < 1.29 is 18.3 Å². The quantitative estimate of drug-likeness (QED) is 0.829. The van der Waals surface area contributed by atoms with Crippen molar-refractivity contribution in [2.45, 2.75) is 12.0 Å². The summed E-state index contributed by atoms with van der Waals surface area (Å²) in [6.45, 7) is -0.936. The van der Waals surface area contributed by atoms with Crippen LogP contribution in [0.4, 0.5) is 13.6 Å². The number of alkyl carbamates (subject to hydrolysis) is 1. The van der Waals surface area contributed by atoms with Crippen LogP contribution < -0.4 is 5.32 Å². The second-order valence-electron chi connectivity index (χ2n) is 3.44. The molecule has 1 amide bonds. The first kappa shape index (κ1) is 11.1. The highest BCUT2D eigenvalue weighted by Gasteiger charge is 2.47. The normalized spacial score (nSPS) is 23.4. The molecule has 0 saturated carbocycles. The fourth-order valence-corrected chi connectivity index (χ4v) is 1.77. The molecule has 86 valence electrons. The third kappa shape index (κ3) is 1.95. The largest absolute Gasteiger partial charge is 0.443 e. The highest BCUT2D eigenvalue weighted by atomic mass is 35.5. The number of hydrogen-bond donors (Lipinski definition) is 1. The zero-order valence-electron chi connectivity index (χ0n) is 8.04. The number of benzene rings is 1. The van der Waals surface area contributed by atoms with Crippen LogP contribution in [0.25, 0.3) is 0 Å². The lowest BCUT2D eigenvalue weighted by molar-refractivity contribution is -0.104. The van der Waals surface area contributed by atoms with E-state index < -0.39 is 24.7 Å². The van der Waals surface area contributed by atoms with Crippen LogP contribution in [0.5, 0.6) is 0 Å². The molecule has 2 rings (SSSR count). The van der Waals surface area contributed by atoms with Crippen molar-refractivity contribution in [1.82, 2.24) is 5.32 Å². The lowest BCUT2D eigenvalue weighted by Crippen LogP contribution is -2.49. The van der Waals surface area contributed by atoms with Gasteiger partial charge in [0, 0.05) is 5.02 Å². The Kier molecular flexibility index (Phi) is 2.71. The van der Waals surface area contributed by atoms with E-state index in [0.717, 1.165) is 0 Å². The molecule has 1 aromatic rings. The number of halogens is 3. The third-order valence-electron chi connectivity index (χ3n) is 2.30. The third-order valence-corrected chi connectivity index (χ3v) is 2.64. The van der Waals surface area contributed by atoms with E-state index in [0.29, 0.717) is 0 Å². The van der Waals surface area contributed by atoms with Crippen LogP contribution in [0.3, 0.4) is 0 Å². The molecule has 1 aliphatic heterocycles. The molecule has 0 spiro atoms. The molecule has 0 bridgehead atoms. The molecule has 0 unspecified atom stereocenters. The van der Waals surface area contributed by atoms with Gasteiger partial charge in [0.2, 0.25) is 0 Å². The summed E-state index contributed by atoms with van der Waals surface area (Å²) >= 11 is 5.81. The van der Waals surface area contributed by atoms with Crippen molar-refractivity contribution in [3.05, 3.63) is 34.9 Å². The van der Waals surface area contributed by atoms with Gasteiger partial charge in [0.25, 0.3) is 0 Å². The van der Waals surface area contributed by atoms with Gasteiger partial charge in [-0.25, -0.2) is 13.6 Å². The number of ether oxygens (including phenoxy) is 1. The predicted molar refractivity (Wildman–Crippen MR) is 53.6 cm³/mol. The average Bonchev–Trinajstić information content (AvgIpc) is 2.23. The van der Waals surface area contributed by atoms with Crippen molar-refractivity contribution in [2.24, 2.45) is 0 Å². The fourth-order valence-electron chi connectivity index (χ4n) is 1.52. The number of carbonyl (C=O) groups is 1. The lowest BCUT2D eigenvalue weighted by Gasteiger charge is -2.32. The maximum atomic E-state index is 13.5. The fraction of sp³-hybridized carbons (Fsp3) is 0.300. The summed E-state index contributed by atoms with van der Waals surface area (Å²) in [4.78, 5) is 10.9. The molecular weight excluding hydrogens is 240 g/mol. The Labute approximate surface area is 95.3 Å². The summed E-state index contributed by atoms with van der Waals surface area (Å²) in [5.41, 5.74) is 0.186. The van der Waals surface area contributed by atoms with Crippen molar-refractivity contribution in [3.8, 4) is 0 Å². The van der Waals surface area contributed by atoms with E-state index in [2.05, 4.69) is 10.1 Å². The van der Waals surface area contributed by atoms with Crippen LogP contribution in [0, 0.1) is 0 Å². The first-order valence-corrected chi connectivity index (χ1v) is 4.94. The molecule has 0 radical (unpaired) electrons. The molecule has 1 heterocycles. The molecule has 1 saturated heterocycles. The number of cyclic esters (lactones) is 1. The summed E-state index contributed by atoms with van der Waals surface area (Å²) in [7, 11) is 0. The van der Waals surface area contributed by atoms with Crippen LogP contribution in [-0.4, -0.2) is 18.6 Å². The van der Waals surface area contributed by atoms with Gasteiger partial charge in [0.1, 0.15) is 6.04 Å². The van der Waals surface area contributed by atoms with Crippen LogP contribution >= 0.6 is 11.6 Å². The van der Waals surface area contributed by atoms with E-state index in [4.69, 9.17) is 11.6 Å². The number of nitrogens with one attached hydrogen (secondary N) is 1. The Hall–Kier alpha value is -1.36. The first-order chi connectivity index (χ1) is 7.50. The molecular formula is C10H8ClF2NO2. The van der Waals surface area contributed by atoms with Crippen molar-refractivity contribution in [2.75, 3.05) is 6.61 Å². The molecule has 1 N–H and O–H groups in total. The molecule has 1 aliphatic rings. The van der Waals surface area contributed by atoms with E-state index in [9.17, 15) is 13.6 Å². The highest BCUT2D eigenvalue weighted by Crippen LogP contribution is 2.37. The van der Waals surface area contributed by atoms with Gasteiger partial charge in [-0.05, 0) is 11.6 Å². The molecule has 1 aromatic carbocycles. The van der Waals surface area contributed by atoms with E-state index in [1.165, 1.54) is 12.1 Å². The van der Waals surface area contributed by atoms with Crippen LogP contribution in [0.15, 0.2) is 24.3 Å². The predicted octanol–water partition coefficient (Wildman–Crippen LogP) is 2.76. The van der Waals surface area contributed by atoms with E-state index in [-0.39, 0.29) is 10.6 Å². The molecule has 1 atom stereocenters. The van der Waals surface area contributed by atoms with Crippen LogP contribution in [0.1, 0.15) is 11.6 Å². The van der Waals surface area contributed by atoms with Crippen molar-refractivity contribution in [1.29, 1.82) is 0 Å². The number of hydrogen-bond acceptors (Lipinski definition) is 2. The standard InChI is InChI=1S/C10H8ClF2NO2/c11-7-4-2-1-3-6(7)8-10(12,13)5-16-9(15)14-8/h1-4,8H,5H2,(H,14,15)/t8-/m1/s1. The molecule has 0 aliphatic carbocycles. The van der Waals surface area contributed by atoms with Gasteiger partial charge in [-0.15, -0.1) is 0 Å². The van der Waals surface area contributed by atoms with E-state index in [1.54, 1.807) is 12.1 Å². The lowest BCUT2D eigenvalue weighted by atomic mass is 10.0. The minimum atomic E-state index is -3.17. The average molecular weight is 248 g/mol. The SMILES string of the molecule is O=C1N[C@H](c2ccccc2Cl)C(F)(F)CO1. The molecule has 3 nitrogen and oxygen atoms in total. The van der Waals surface area contributed by atoms with Crippen LogP contribution in [0.2, 0.25) is 5.02 Å². The van der Waals surface area contributed by atoms with Gasteiger partial charge >= 0.3 is 12.0 Å². The van der Waals surface area contributed by atoms with Gasteiger partial charge in [-0.2, -0.15) is 0 Å². The summed E-state index contributed by atoms with van der Waals surface area (Å²) in [6.07, 6.45) is -0.865. The van der Waals surface area contributed by atoms with Gasteiger partial charge in [-0.3, -0.25) is 0 Å². The molecule has 16 heavy (non-hydrogen) atoms. The number of carbonyl (C=O) groups excluding carboxylic acids is 1. The topological polar surface area (TPSA) is 38.3 Å². The van der Waals surface area contributed by atoms with Crippen molar-refractivity contribution >= 4 is 17.7 Å². The van der Waals surface area contributed by atoms with Crippen LogP contribution in [-0.2, 0) is 4.74 Å². The van der Waals surface area contributed by atoms with E-state index in [1.807, 2.05) is 0 Å². The van der Waals surface area contributed by atoms with Gasteiger partial charge in [0.05, 0.1) is 0 Å². The molecule has 1 fully saturated rings. The molecule has 0 aromatic heterocycles. The Balaban J connectivity index is 2.38. The number of alkyl halides is 2. The summed E-state index contributed by atoms with van der Waals surface area (Å²) in [6, 6.07) is 4.72. The van der Waals surface area contributed by atoms with Gasteiger partial charge < -0.3 is 10.1 Å². The highest BCUT2D eigenvalue weighted by molar-refractivity contribution is 6.31. The summed E-state index contributed by atoms with van der Waals surface area (Å²) in [5, 5.41) is 2.26. The monoisotopic (exact) mass is 247 g/mol. The summed E-state index contributed by atoms with van der Waals surface area (Å²) in [5.74, 6) is -3.17. The second kappa shape index (κ2) is 3.90. The zero-order chi connectivity index (χ0) is 11.8. The Morgan fingerprint density at radius 3 is 2.81 bits per heavy atom. The number of rotatable bonds is 1. The Morgan fingerprint density at radius 1 is 1.44 bits per heavy atom. The van der Waals surface area contributed by atoms with Gasteiger partial charge in [0.15, 0.2) is 6.61 Å². The maximum absolute atomic E-state index is 13.5. The summed E-state index contributed by atoms with van der Waals surface area (Å²) < 4.78 is 31.3. The minimum Gasteiger partial charge on any atom is -0.443 e. The van der Waals surface area contributed by atoms with E-state index >= 15 is 0 Å². The van der Waals surface area contributed by atoms with Crippen molar-refractivity contribution in [3.63, 3.8) is 0 Å². The minimum absolute atomic E-state index is 0.186. The second-order valence-corrected chi connectivity index (χ2v) is 3.84. The molecule has 6 heteroatoms. The van der Waals surface area contributed by atoms with Gasteiger partial charge in [-0.1, -0.05) is 29.8 Å². The Bertz CT molecular complexity index is 425. The maximum Gasteiger partial charge on any atom is 0.408 e. The smallest absolute Gasteiger partial charge is 0.408 e.